The van der Waals surface area contributed by atoms with Crippen LogP contribution in [0.1, 0.15) is 26.3 Å². The summed E-state index contributed by atoms with van der Waals surface area (Å²) in [4.78, 5) is 23.3. The van der Waals surface area contributed by atoms with E-state index < -0.39 is 5.97 Å². The second-order valence-electron chi connectivity index (χ2n) is 4.16. The Morgan fingerprint density at radius 3 is 2.32 bits per heavy atom. The molecule has 0 unspecified atom stereocenters. The Morgan fingerprint density at radius 2 is 1.68 bits per heavy atom. The number of carbonyl (C=O) groups is 2. The van der Waals surface area contributed by atoms with Crippen molar-refractivity contribution in [3.63, 3.8) is 0 Å². The van der Waals surface area contributed by atoms with Crippen molar-refractivity contribution in [2.24, 2.45) is 0 Å². The maximum absolute atomic E-state index is 12.2. The smallest absolute Gasteiger partial charge is 0.336 e. The average Bonchev–Trinajstić information content (AvgIpc) is 2.39. The highest BCUT2D eigenvalue weighted by Gasteiger charge is 2.19. The first-order chi connectivity index (χ1) is 9.09. The van der Waals surface area contributed by atoms with Crippen LogP contribution >= 0.6 is 0 Å². The van der Waals surface area contributed by atoms with Gasteiger partial charge in [0.2, 0.25) is 0 Å². The van der Waals surface area contributed by atoms with Crippen LogP contribution in [0.25, 0.3) is 0 Å². The molecule has 4 heteroatoms. The third kappa shape index (κ3) is 2.80. The molecule has 2 rings (SSSR count). The van der Waals surface area contributed by atoms with E-state index in [2.05, 4.69) is 0 Å². The minimum atomic E-state index is -1.15. The number of ketones is 1. The first kappa shape index (κ1) is 12.8. The van der Waals surface area contributed by atoms with Crippen LogP contribution < -0.4 is 5.73 Å². The van der Waals surface area contributed by atoms with Gasteiger partial charge in [-0.3, -0.25) is 4.79 Å². The molecule has 0 atom stereocenters. The van der Waals surface area contributed by atoms with Gasteiger partial charge in [0, 0.05) is 12.1 Å². The lowest BCUT2D eigenvalue weighted by Gasteiger charge is -2.08. The number of carboxylic acid groups (broad SMARTS) is 1. The zero-order valence-corrected chi connectivity index (χ0v) is 10.2. The molecule has 2 aromatic rings. The summed E-state index contributed by atoms with van der Waals surface area (Å²) in [5.74, 6) is -1.44. The van der Waals surface area contributed by atoms with Gasteiger partial charge in [-0.25, -0.2) is 4.79 Å². The average molecular weight is 255 g/mol. The summed E-state index contributed by atoms with van der Waals surface area (Å²) in [6.07, 6.45) is 0.134. The van der Waals surface area contributed by atoms with E-state index in [0.717, 1.165) is 5.56 Å². The monoisotopic (exact) mass is 255 g/mol. The lowest BCUT2D eigenvalue weighted by molar-refractivity contribution is 0.0692. The molecule has 0 saturated carbocycles. The number of hydrogen-bond donors (Lipinski definition) is 2. The molecule has 0 aliphatic heterocycles. The van der Waals surface area contributed by atoms with Gasteiger partial charge in [-0.15, -0.1) is 0 Å². The van der Waals surface area contributed by atoms with E-state index in [4.69, 9.17) is 10.8 Å². The normalized spacial score (nSPS) is 10.1. The van der Waals surface area contributed by atoms with Gasteiger partial charge in [0.25, 0.3) is 0 Å². The second kappa shape index (κ2) is 5.35. The zero-order chi connectivity index (χ0) is 13.8. The number of anilines is 1. The van der Waals surface area contributed by atoms with Crippen LogP contribution in [0.2, 0.25) is 0 Å². The van der Waals surface area contributed by atoms with Crippen LogP contribution in [-0.4, -0.2) is 16.9 Å². The molecule has 96 valence electrons. The Hall–Kier alpha value is -2.62. The summed E-state index contributed by atoms with van der Waals surface area (Å²) < 4.78 is 0. The molecular weight excluding hydrogens is 242 g/mol. The summed E-state index contributed by atoms with van der Waals surface area (Å²) in [5.41, 5.74) is 6.78. The molecule has 0 fully saturated rings. The van der Waals surface area contributed by atoms with Crippen LogP contribution in [0, 0.1) is 0 Å². The summed E-state index contributed by atoms with van der Waals surface area (Å²) in [7, 11) is 0. The van der Waals surface area contributed by atoms with E-state index in [9.17, 15) is 9.59 Å². The lowest BCUT2D eigenvalue weighted by Crippen LogP contribution is -2.13. The van der Waals surface area contributed by atoms with E-state index in [1.165, 1.54) is 18.2 Å². The lowest BCUT2D eigenvalue weighted by atomic mass is 9.97. The Labute approximate surface area is 110 Å². The number of hydrogen-bond acceptors (Lipinski definition) is 3. The van der Waals surface area contributed by atoms with Crippen LogP contribution in [-0.2, 0) is 6.42 Å². The van der Waals surface area contributed by atoms with Crippen LogP contribution in [0.3, 0.4) is 0 Å². The number of nitrogen functional groups attached to an aromatic ring is 1. The Balaban J connectivity index is 2.36. The van der Waals surface area contributed by atoms with Gasteiger partial charge in [0.1, 0.15) is 0 Å². The van der Waals surface area contributed by atoms with Gasteiger partial charge in [0.15, 0.2) is 5.78 Å². The summed E-state index contributed by atoms with van der Waals surface area (Å²) in [6, 6.07) is 13.6. The van der Waals surface area contributed by atoms with Gasteiger partial charge in [0.05, 0.1) is 11.1 Å². The first-order valence-electron chi connectivity index (χ1n) is 5.78. The molecule has 0 aliphatic rings. The van der Waals surface area contributed by atoms with Gasteiger partial charge in [-0.2, -0.15) is 0 Å². The molecule has 3 N–H and O–H groups in total. The van der Waals surface area contributed by atoms with E-state index in [0.29, 0.717) is 0 Å². The third-order valence-corrected chi connectivity index (χ3v) is 2.81. The fourth-order valence-corrected chi connectivity index (χ4v) is 1.93. The molecule has 0 bridgehead atoms. The van der Waals surface area contributed by atoms with Crippen molar-refractivity contribution in [3.05, 3.63) is 65.2 Å². The van der Waals surface area contributed by atoms with E-state index in [-0.39, 0.29) is 29.0 Å². The van der Waals surface area contributed by atoms with Crippen molar-refractivity contribution < 1.29 is 14.7 Å². The number of carboxylic acids is 1. The highest BCUT2D eigenvalue weighted by Crippen LogP contribution is 2.19. The van der Waals surface area contributed by atoms with Crippen molar-refractivity contribution in [3.8, 4) is 0 Å². The van der Waals surface area contributed by atoms with E-state index in [1.54, 1.807) is 0 Å². The number of aromatic carboxylic acids is 1. The largest absolute Gasteiger partial charge is 0.478 e. The van der Waals surface area contributed by atoms with Gasteiger partial charge in [-0.1, -0.05) is 36.4 Å². The number of carbonyl (C=O) groups excluding carboxylic acids is 1. The number of nitrogens with two attached hydrogens (primary N) is 1. The van der Waals surface area contributed by atoms with Gasteiger partial charge >= 0.3 is 5.97 Å². The quantitative estimate of drug-likeness (QED) is 0.649. The standard InChI is InChI=1S/C15H13NO3/c16-12-8-4-7-11(15(18)19)14(12)13(17)9-10-5-2-1-3-6-10/h1-8H,9,16H2,(H,18,19). The van der Waals surface area contributed by atoms with E-state index in [1.807, 2.05) is 30.3 Å². The molecule has 2 aromatic carbocycles. The Morgan fingerprint density at radius 1 is 1.00 bits per heavy atom. The molecule has 0 amide bonds. The molecule has 0 heterocycles. The topological polar surface area (TPSA) is 80.4 Å². The number of Topliss-reactive ketones (excluding diaryl/α,β-unsaturated/α-hetero) is 1. The maximum Gasteiger partial charge on any atom is 0.336 e. The fraction of sp³-hybridized carbons (Fsp3) is 0.0667. The summed E-state index contributed by atoms with van der Waals surface area (Å²) in [5, 5.41) is 9.10. The molecule has 0 spiro atoms. The first-order valence-corrected chi connectivity index (χ1v) is 5.78. The molecule has 0 radical (unpaired) electrons. The molecule has 0 aliphatic carbocycles. The van der Waals surface area contributed by atoms with Crippen LogP contribution in [0.4, 0.5) is 5.69 Å². The van der Waals surface area contributed by atoms with Crippen molar-refractivity contribution >= 4 is 17.4 Å². The molecular formula is C15H13NO3. The summed E-state index contributed by atoms with van der Waals surface area (Å²) in [6.45, 7) is 0. The molecule has 4 nitrogen and oxygen atoms in total. The van der Waals surface area contributed by atoms with Crippen LogP contribution in [0.5, 0.6) is 0 Å². The minimum absolute atomic E-state index is 0.0547. The Kier molecular flexibility index (Phi) is 3.61. The maximum atomic E-state index is 12.2. The highest BCUT2D eigenvalue weighted by molar-refractivity contribution is 6.10. The van der Waals surface area contributed by atoms with E-state index >= 15 is 0 Å². The number of rotatable bonds is 4. The second-order valence-corrected chi connectivity index (χ2v) is 4.16. The van der Waals surface area contributed by atoms with Gasteiger partial charge in [-0.05, 0) is 17.7 Å². The third-order valence-electron chi connectivity index (χ3n) is 2.81. The zero-order valence-electron chi connectivity index (χ0n) is 10.2. The van der Waals surface area contributed by atoms with Crippen molar-refractivity contribution in [1.29, 1.82) is 0 Å². The van der Waals surface area contributed by atoms with Crippen molar-refractivity contribution in [2.75, 3.05) is 5.73 Å². The van der Waals surface area contributed by atoms with Gasteiger partial charge < -0.3 is 10.8 Å². The molecule has 19 heavy (non-hydrogen) atoms. The van der Waals surface area contributed by atoms with Crippen molar-refractivity contribution in [1.82, 2.24) is 0 Å². The Bertz CT molecular complexity index is 621. The fourth-order valence-electron chi connectivity index (χ4n) is 1.93. The SMILES string of the molecule is Nc1cccc(C(=O)O)c1C(=O)Cc1ccccc1. The predicted molar refractivity (Wildman–Crippen MR) is 72.3 cm³/mol. The molecule has 0 saturated heterocycles. The highest BCUT2D eigenvalue weighted by atomic mass is 16.4. The predicted octanol–water partition coefficient (Wildman–Crippen LogP) is 2.39. The van der Waals surface area contributed by atoms with Crippen molar-refractivity contribution in [2.45, 2.75) is 6.42 Å². The number of benzene rings is 2. The molecule has 0 aromatic heterocycles. The summed E-state index contributed by atoms with van der Waals surface area (Å²) >= 11 is 0. The van der Waals surface area contributed by atoms with Crippen LogP contribution in [0.15, 0.2) is 48.5 Å². The minimum Gasteiger partial charge on any atom is -0.478 e.